The minimum atomic E-state index is 0.326. The highest BCUT2D eigenvalue weighted by Gasteiger charge is 2.02. The molecule has 0 bridgehead atoms. The van der Waals surface area contributed by atoms with Gasteiger partial charge in [-0.1, -0.05) is 42.5 Å². The van der Waals surface area contributed by atoms with E-state index < -0.39 is 0 Å². The molecule has 0 aliphatic heterocycles. The normalized spacial score (nSPS) is 11.5. The van der Waals surface area contributed by atoms with Crippen LogP contribution in [0.2, 0.25) is 0 Å². The Balaban J connectivity index is 1.60. The summed E-state index contributed by atoms with van der Waals surface area (Å²) in [6, 6.07) is 25.4. The van der Waals surface area contributed by atoms with Crippen molar-refractivity contribution >= 4 is 11.5 Å². The monoisotopic (exact) mass is 359 g/mol. The largest absolute Gasteiger partial charge is 0.457 e. The average molecular weight is 359 g/mol. The molecule has 6 heteroatoms. The summed E-state index contributed by atoms with van der Waals surface area (Å²) in [6.07, 6.45) is 0. The van der Waals surface area contributed by atoms with Gasteiger partial charge in [0.25, 0.3) is 0 Å². The van der Waals surface area contributed by atoms with Gasteiger partial charge in [0.1, 0.15) is 11.5 Å². The highest BCUT2D eigenvalue weighted by atomic mass is 16.5. The summed E-state index contributed by atoms with van der Waals surface area (Å²) in [7, 11) is 1.55. The van der Waals surface area contributed by atoms with Crippen LogP contribution in [0.15, 0.2) is 94.3 Å². The number of anilines is 1. The molecule has 136 valence electrons. The summed E-state index contributed by atoms with van der Waals surface area (Å²) < 4.78 is 5.81. The van der Waals surface area contributed by atoms with Gasteiger partial charge in [0.2, 0.25) is 0 Å². The Morgan fingerprint density at radius 3 is 2.41 bits per heavy atom. The van der Waals surface area contributed by atoms with Crippen LogP contribution in [0.1, 0.15) is 11.1 Å². The van der Waals surface area contributed by atoms with Gasteiger partial charge in [-0.25, -0.2) is 0 Å². The Bertz CT molecular complexity index is 921. The maximum Gasteiger partial charge on any atom is 0.155 e. The second kappa shape index (κ2) is 9.15. The van der Waals surface area contributed by atoms with Gasteiger partial charge < -0.3 is 15.8 Å². The van der Waals surface area contributed by atoms with E-state index in [9.17, 15) is 0 Å². The third kappa shape index (κ3) is 5.40. The third-order valence-electron chi connectivity index (χ3n) is 3.80. The molecule has 6 nitrogen and oxygen atoms in total. The molecule has 0 unspecified atom stereocenters. The Morgan fingerprint density at radius 1 is 0.926 bits per heavy atom. The zero-order valence-electron chi connectivity index (χ0n) is 15.0. The summed E-state index contributed by atoms with van der Waals surface area (Å²) in [6.45, 7) is 0.681. The highest BCUT2D eigenvalue weighted by molar-refractivity contribution is 5.98. The standard InChI is InChI=1S/C21H21N5O/c1-23-26-25-21(22)17-6-5-7-18(14-17)24-15-16-10-12-20(13-11-16)27-19-8-3-2-4-9-19/h2-14,24H,15H2,1H3,(H2,22,23,25). The lowest BCUT2D eigenvalue weighted by molar-refractivity contribution is 0.482. The van der Waals surface area contributed by atoms with Gasteiger partial charge in [-0.2, -0.15) is 5.11 Å². The number of hydrogen-bond acceptors (Lipinski definition) is 4. The number of rotatable bonds is 7. The summed E-state index contributed by atoms with van der Waals surface area (Å²) in [4.78, 5) is 0. The second-order valence-corrected chi connectivity index (χ2v) is 5.77. The fourth-order valence-corrected chi connectivity index (χ4v) is 2.44. The van der Waals surface area contributed by atoms with E-state index in [1.807, 2.05) is 78.9 Å². The molecule has 0 fully saturated rings. The fraction of sp³-hybridized carbons (Fsp3) is 0.0952. The molecular formula is C21H21N5O. The minimum Gasteiger partial charge on any atom is -0.457 e. The molecule has 0 heterocycles. The molecule has 0 aliphatic carbocycles. The highest BCUT2D eigenvalue weighted by Crippen LogP contribution is 2.21. The first-order valence-corrected chi connectivity index (χ1v) is 8.53. The minimum absolute atomic E-state index is 0.326. The zero-order valence-corrected chi connectivity index (χ0v) is 15.0. The molecule has 0 saturated heterocycles. The van der Waals surface area contributed by atoms with Crippen LogP contribution < -0.4 is 15.8 Å². The Kier molecular flexibility index (Phi) is 6.14. The molecule has 0 spiro atoms. The number of benzene rings is 3. The van der Waals surface area contributed by atoms with Crippen LogP contribution in [-0.4, -0.2) is 12.9 Å². The number of nitrogens with zero attached hydrogens (tertiary/aromatic N) is 3. The lowest BCUT2D eigenvalue weighted by Gasteiger charge is -2.09. The third-order valence-corrected chi connectivity index (χ3v) is 3.80. The molecule has 0 atom stereocenters. The van der Waals surface area contributed by atoms with Crippen LogP contribution in [0, 0.1) is 0 Å². The van der Waals surface area contributed by atoms with E-state index in [0.717, 1.165) is 28.3 Å². The van der Waals surface area contributed by atoms with Crippen LogP contribution in [-0.2, 0) is 6.54 Å². The maximum absolute atomic E-state index is 5.89. The van der Waals surface area contributed by atoms with Crippen molar-refractivity contribution in [3.63, 3.8) is 0 Å². The van der Waals surface area contributed by atoms with Crippen molar-refractivity contribution in [2.45, 2.75) is 6.54 Å². The number of para-hydroxylation sites is 1. The van der Waals surface area contributed by atoms with Gasteiger partial charge >= 0.3 is 0 Å². The van der Waals surface area contributed by atoms with Gasteiger partial charge in [-0.3, -0.25) is 0 Å². The van der Waals surface area contributed by atoms with Gasteiger partial charge in [-0.15, -0.1) is 5.10 Å². The molecule has 27 heavy (non-hydrogen) atoms. The summed E-state index contributed by atoms with van der Waals surface area (Å²) >= 11 is 0. The Labute approximate surface area is 158 Å². The van der Waals surface area contributed by atoms with Crippen molar-refractivity contribution in [2.24, 2.45) is 21.2 Å². The van der Waals surface area contributed by atoms with Crippen molar-refractivity contribution in [1.82, 2.24) is 0 Å². The van der Waals surface area contributed by atoms with Gasteiger partial charge in [0.05, 0.1) is 7.05 Å². The van der Waals surface area contributed by atoms with Crippen LogP contribution in [0.25, 0.3) is 0 Å². The van der Waals surface area contributed by atoms with Crippen molar-refractivity contribution in [1.29, 1.82) is 0 Å². The first-order chi connectivity index (χ1) is 13.2. The van der Waals surface area contributed by atoms with E-state index >= 15 is 0 Å². The lowest BCUT2D eigenvalue weighted by Crippen LogP contribution is -2.13. The SMILES string of the molecule is CN=NN=C(N)c1cccc(NCc2ccc(Oc3ccccc3)cc2)c1. The molecule has 3 aromatic carbocycles. The van der Waals surface area contributed by atoms with E-state index in [2.05, 4.69) is 20.8 Å². The number of nitrogens with one attached hydrogen (secondary N) is 1. The maximum atomic E-state index is 5.89. The lowest BCUT2D eigenvalue weighted by atomic mass is 10.1. The molecule has 0 saturated carbocycles. The van der Waals surface area contributed by atoms with Crippen molar-refractivity contribution in [2.75, 3.05) is 12.4 Å². The molecule has 0 radical (unpaired) electrons. The van der Waals surface area contributed by atoms with E-state index in [0.29, 0.717) is 12.4 Å². The number of ether oxygens (including phenoxy) is 1. The van der Waals surface area contributed by atoms with Crippen LogP contribution in [0.3, 0.4) is 0 Å². The Morgan fingerprint density at radius 2 is 1.67 bits per heavy atom. The zero-order chi connectivity index (χ0) is 18.9. The predicted molar refractivity (Wildman–Crippen MR) is 108 cm³/mol. The quantitative estimate of drug-likeness (QED) is 0.275. The molecular weight excluding hydrogens is 338 g/mol. The first-order valence-electron chi connectivity index (χ1n) is 8.53. The Hall–Kier alpha value is -3.67. The van der Waals surface area contributed by atoms with Gasteiger partial charge in [0.15, 0.2) is 5.84 Å². The molecule has 3 aromatic rings. The molecule has 0 aliphatic rings. The predicted octanol–water partition coefficient (Wildman–Crippen LogP) is 4.79. The number of hydrogen-bond donors (Lipinski definition) is 2. The van der Waals surface area contributed by atoms with E-state index in [1.165, 1.54) is 0 Å². The fourth-order valence-electron chi connectivity index (χ4n) is 2.44. The van der Waals surface area contributed by atoms with E-state index in [-0.39, 0.29) is 0 Å². The van der Waals surface area contributed by atoms with Crippen LogP contribution in [0.5, 0.6) is 11.5 Å². The molecule has 0 aromatic heterocycles. The molecule has 3 rings (SSSR count). The summed E-state index contributed by atoms with van der Waals surface area (Å²) in [5.41, 5.74) is 8.77. The molecule has 3 N–H and O–H groups in total. The smallest absolute Gasteiger partial charge is 0.155 e. The van der Waals surface area contributed by atoms with Gasteiger partial charge in [0, 0.05) is 17.8 Å². The first kappa shape index (κ1) is 18.1. The van der Waals surface area contributed by atoms with Crippen molar-refractivity contribution in [3.8, 4) is 11.5 Å². The molecule has 0 amide bonds. The second-order valence-electron chi connectivity index (χ2n) is 5.77. The van der Waals surface area contributed by atoms with Crippen molar-refractivity contribution in [3.05, 3.63) is 90.0 Å². The number of amidine groups is 1. The van der Waals surface area contributed by atoms with Crippen LogP contribution >= 0.6 is 0 Å². The van der Waals surface area contributed by atoms with E-state index in [4.69, 9.17) is 10.5 Å². The topological polar surface area (TPSA) is 84.4 Å². The van der Waals surface area contributed by atoms with Crippen LogP contribution in [0.4, 0.5) is 5.69 Å². The summed E-state index contributed by atoms with van der Waals surface area (Å²) in [5.74, 6) is 1.95. The van der Waals surface area contributed by atoms with E-state index in [1.54, 1.807) is 7.05 Å². The van der Waals surface area contributed by atoms with Gasteiger partial charge in [-0.05, 0) is 47.2 Å². The average Bonchev–Trinajstić information content (AvgIpc) is 2.72. The number of nitrogens with two attached hydrogens (primary N) is 1. The summed E-state index contributed by atoms with van der Waals surface area (Å²) in [5, 5.41) is 14.3. The van der Waals surface area contributed by atoms with Crippen molar-refractivity contribution < 1.29 is 4.74 Å².